The van der Waals surface area contributed by atoms with Crippen molar-refractivity contribution in [2.75, 3.05) is 11.9 Å². The zero-order valence-corrected chi connectivity index (χ0v) is 12.6. The maximum absolute atomic E-state index is 12.2. The van der Waals surface area contributed by atoms with E-state index in [2.05, 4.69) is 15.4 Å². The smallest absolute Gasteiger partial charge is 0.240 e. The molecule has 2 saturated heterocycles. The Morgan fingerprint density at radius 3 is 2.71 bits per heavy atom. The number of anilines is 1. The van der Waals surface area contributed by atoms with Crippen LogP contribution in [0.3, 0.4) is 0 Å². The van der Waals surface area contributed by atoms with Crippen molar-refractivity contribution in [2.24, 2.45) is 0 Å². The van der Waals surface area contributed by atoms with Gasteiger partial charge < -0.3 is 9.63 Å². The average molecular weight is 293 g/mol. The molecular formula is C15H23N3O3. The molecule has 6 nitrogen and oxygen atoms in total. The standard InChI is InChI=1S/C15H23N3O3/c1-9(2)13-7-15(21-17-13)16-14(20)8-18-10-3-4-11(18)6-12(19)5-10/h7,9-12,19H,3-6,8H2,1-2H3,(H,16,20). The molecule has 3 rings (SSSR count). The summed E-state index contributed by atoms with van der Waals surface area (Å²) >= 11 is 0. The van der Waals surface area contributed by atoms with E-state index in [9.17, 15) is 9.90 Å². The highest BCUT2D eigenvalue weighted by atomic mass is 16.5. The van der Waals surface area contributed by atoms with Gasteiger partial charge in [0.2, 0.25) is 11.8 Å². The number of rotatable bonds is 4. The molecular weight excluding hydrogens is 270 g/mol. The molecule has 2 atom stereocenters. The van der Waals surface area contributed by atoms with Crippen LogP contribution in [0.5, 0.6) is 0 Å². The van der Waals surface area contributed by atoms with Crippen molar-refractivity contribution in [3.05, 3.63) is 11.8 Å². The SMILES string of the molecule is CC(C)c1cc(NC(=O)CN2C3CCC2CC(O)C3)on1. The van der Waals surface area contributed by atoms with Gasteiger partial charge >= 0.3 is 0 Å². The third-order valence-corrected chi connectivity index (χ3v) is 4.57. The van der Waals surface area contributed by atoms with Crippen LogP contribution >= 0.6 is 0 Å². The molecule has 2 fully saturated rings. The van der Waals surface area contributed by atoms with Gasteiger partial charge in [0, 0.05) is 18.2 Å². The molecule has 21 heavy (non-hydrogen) atoms. The van der Waals surface area contributed by atoms with E-state index in [-0.39, 0.29) is 17.9 Å². The summed E-state index contributed by atoms with van der Waals surface area (Å²) in [4.78, 5) is 14.4. The van der Waals surface area contributed by atoms with Crippen LogP contribution in [0.1, 0.15) is 51.1 Å². The summed E-state index contributed by atoms with van der Waals surface area (Å²) in [5, 5.41) is 16.5. The van der Waals surface area contributed by atoms with Crippen molar-refractivity contribution in [3.63, 3.8) is 0 Å². The largest absolute Gasteiger partial charge is 0.393 e. The zero-order chi connectivity index (χ0) is 15.0. The molecule has 1 aromatic rings. The number of piperidine rings is 1. The van der Waals surface area contributed by atoms with Crippen molar-refractivity contribution in [2.45, 2.75) is 63.6 Å². The normalized spacial score (nSPS) is 29.0. The van der Waals surface area contributed by atoms with Crippen molar-refractivity contribution >= 4 is 11.8 Å². The number of aliphatic hydroxyl groups excluding tert-OH is 1. The van der Waals surface area contributed by atoms with Crippen molar-refractivity contribution in [1.29, 1.82) is 0 Å². The number of hydrogen-bond acceptors (Lipinski definition) is 5. The van der Waals surface area contributed by atoms with Gasteiger partial charge in [-0.25, -0.2) is 0 Å². The third kappa shape index (κ3) is 3.11. The quantitative estimate of drug-likeness (QED) is 0.884. The van der Waals surface area contributed by atoms with E-state index in [4.69, 9.17) is 4.52 Å². The molecule has 0 radical (unpaired) electrons. The Morgan fingerprint density at radius 1 is 1.48 bits per heavy atom. The van der Waals surface area contributed by atoms with Gasteiger partial charge in [0.15, 0.2) is 0 Å². The van der Waals surface area contributed by atoms with Crippen LogP contribution in [0.2, 0.25) is 0 Å². The van der Waals surface area contributed by atoms with Gasteiger partial charge in [-0.05, 0) is 31.6 Å². The predicted molar refractivity (Wildman–Crippen MR) is 78.0 cm³/mol. The van der Waals surface area contributed by atoms with Gasteiger partial charge in [-0.3, -0.25) is 15.0 Å². The summed E-state index contributed by atoms with van der Waals surface area (Å²) in [5.41, 5.74) is 0.839. The molecule has 116 valence electrons. The van der Waals surface area contributed by atoms with Crippen LogP contribution in [-0.4, -0.2) is 45.8 Å². The zero-order valence-electron chi connectivity index (χ0n) is 12.6. The highest BCUT2D eigenvalue weighted by molar-refractivity contribution is 5.91. The summed E-state index contributed by atoms with van der Waals surface area (Å²) < 4.78 is 5.13. The van der Waals surface area contributed by atoms with Crippen LogP contribution < -0.4 is 5.32 Å². The van der Waals surface area contributed by atoms with Gasteiger partial charge in [0.1, 0.15) is 0 Å². The van der Waals surface area contributed by atoms with Crippen LogP contribution in [0.15, 0.2) is 10.6 Å². The lowest BCUT2D eigenvalue weighted by molar-refractivity contribution is -0.119. The summed E-state index contributed by atoms with van der Waals surface area (Å²) in [6.45, 7) is 4.42. The lowest BCUT2D eigenvalue weighted by Gasteiger charge is -2.36. The summed E-state index contributed by atoms with van der Waals surface area (Å²) in [7, 11) is 0. The minimum absolute atomic E-state index is 0.0743. The molecule has 0 aliphatic carbocycles. The first-order valence-electron chi connectivity index (χ1n) is 7.73. The molecule has 2 aliphatic heterocycles. The number of nitrogens with zero attached hydrogens (tertiary/aromatic N) is 2. The highest BCUT2D eigenvalue weighted by Gasteiger charge is 2.40. The summed E-state index contributed by atoms with van der Waals surface area (Å²) in [5.74, 6) is 0.613. The third-order valence-electron chi connectivity index (χ3n) is 4.57. The Kier molecular flexibility index (Phi) is 3.99. The van der Waals surface area contributed by atoms with Gasteiger partial charge in [-0.15, -0.1) is 0 Å². The number of amides is 1. The van der Waals surface area contributed by atoms with Gasteiger partial charge in [0.25, 0.3) is 0 Å². The lowest BCUT2D eigenvalue weighted by atomic mass is 10.00. The first kappa shape index (κ1) is 14.5. The lowest BCUT2D eigenvalue weighted by Crippen LogP contribution is -2.47. The second kappa shape index (κ2) is 5.77. The first-order chi connectivity index (χ1) is 10.0. The second-order valence-corrected chi connectivity index (χ2v) is 6.50. The summed E-state index contributed by atoms with van der Waals surface area (Å²) in [6.07, 6.45) is 3.52. The van der Waals surface area contributed by atoms with Crippen LogP contribution in [-0.2, 0) is 4.79 Å². The topological polar surface area (TPSA) is 78.6 Å². The molecule has 0 spiro atoms. The van der Waals surface area contributed by atoms with E-state index in [1.807, 2.05) is 13.8 Å². The van der Waals surface area contributed by atoms with Crippen LogP contribution in [0.4, 0.5) is 5.88 Å². The molecule has 1 aromatic heterocycles. The number of aromatic nitrogens is 1. The number of carbonyl (C=O) groups is 1. The minimum Gasteiger partial charge on any atom is -0.393 e. The average Bonchev–Trinajstić information content (AvgIpc) is 2.94. The van der Waals surface area contributed by atoms with E-state index in [0.29, 0.717) is 24.5 Å². The summed E-state index contributed by atoms with van der Waals surface area (Å²) in [6, 6.07) is 2.45. The number of fused-ring (bicyclic) bond motifs is 2. The van der Waals surface area contributed by atoms with Gasteiger partial charge in [-0.2, -0.15) is 0 Å². The molecule has 3 heterocycles. The minimum atomic E-state index is -0.204. The first-order valence-corrected chi connectivity index (χ1v) is 7.73. The van der Waals surface area contributed by atoms with Crippen LogP contribution in [0.25, 0.3) is 0 Å². The Labute approximate surface area is 124 Å². The van der Waals surface area contributed by atoms with Crippen LogP contribution in [0, 0.1) is 0 Å². The fraction of sp³-hybridized carbons (Fsp3) is 0.733. The molecule has 2 unspecified atom stereocenters. The molecule has 0 aromatic carbocycles. The fourth-order valence-corrected chi connectivity index (χ4v) is 3.47. The van der Waals surface area contributed by atoms with E-state index >= 15 is 0 Å². The second-order valence-electron chi connectivity index (χ2n) is 6.50. The van der Waals surface area contributed by atoms with Gasteiger partial charge in [-0.1, -0.05) is 19.0 Å². The monoisotopic (exact) mass is 293 g/mol. The number of nitrogens with one attached hydrogen (secondary N) is 1. The number of aliphatic hydroxyl groups is 1. The molecule has 1 amide bonds. The Hall–Kier alpha value is -1.40. The molecule has 2 aliphatic rings. The van der Waals surface area contributed by atoms with Crippen molar-refractivity contribution in [3.8, 4) is 0 Å². The maximum atomic E-state index is 12.2. The Balaban J connectivity index is 1.57. The highest BCUT2D eigenvalue weighted by Crippen LogP contribution is 2.35. The maximum Gasteiger partial charge on any atom is 0.240 e. The van der Waals surface area contributed by atoms with E-state index in [1.54, 1.807) is 6.07 Å². The van der Waals surface area contributed by atoms with E-state index in [1.165, 1.54) is 0 Å². The molecule has 0 saturated carbocycles. The van der Waals surface area contributed by atoms with Gasteiger partial charge in [0.05, 0.1) is 18.3 Å². The van der Waals surface area contributed by atoms with E-state index < -0.39 is 0 Å². The van der Waals surface area contributed by atoms with Crippen molar-refractivity contribution in [1.82, 2.24) is 10.1 Å². The molecule has 6 heteroatoms. The van der Waals surface area contributed by atoms with E-state index in [0.717, 1.165) is 31.4 Å². The fourth-order valence-electron chi connectivity index (χ4n) is 3.47. The van der Waals surface area contributed by atoms with Crippen molar-refractivity contribution < 1.29 is 14.4 Å². The Morgan fingerprint density at radius 2 is 2.14 bits per heavy atom. The molecule has 2 bridgehead atoms. The number of hydrogen-bond donors (Lipinski definition) is 2. The Bertz CT molecular complexity index is 500. The number of carbonyl (C=O) groups excluding carboxylic acids is 1. The molecule has 2 N–H and O–H groups in total. The predicted octanol–water partition coefficient (Wildman–Crippen LogP) is 1.72.